The monoisotopic (exact) mass is 330 g/mol. The van der Waals surface area contributed by atoms with Crippen molar-refractivity contribution in [3.05, 3.63) is 70.2 Å². The largest absolute Gasteiger partial charge is 0.271 e. The smallest absolute Gasteiger partial charge is 0.267 e. The molecule has 2 rings (SSSR count). The standard InChI is InChI=1S/C18H19ClN2O2/c1-2-3-6-13-9-11-14(12-10-13)17(22)20-21-18(23)15-7-4-5-8-16(15)19/h4-5,7-12H,2-3,6H2,1H3,(H,20,22)(H,21,23). The predicted octanol–water partition coefficient (Wildman–Crippen LogP) is 3.76. The van der Waals surface area contributed by atoms with Gasteiger partial charge in [0, 0.05) is 5.56 Å². The Morgan fingerprint density at radius 2 is 1.61 bits per heavy atom. The summed E-state index contributed by atoms with van der Waals surface area (Å²) in [4.78, 5) is 24.0. The Balaban J connectivity index is 1.92. The van der Waals surface area contributed by atoms with E-state index in [0.29, 0.717) is 16.1 Å². The number of carbonyl (C=O) groups excluding carboxylic acids is 2. The molecule has 5 heteroatoms. The van der Waals surface area contributed by atoms with E-state index in [0.717, 1.165) is 19.3 Å². The van der Waals surface area contributed by atoms with Gasteiger partial charge >= 0.3 is 0 Å². The van der Waals surface area contributed by atoms with E-state index in [-0.39, 0.29) is 5.91 Å². The van der Waals surface area contributed by atoms with Crippen LogP contribution in [-0.2, 0) is 6.42 Å². The minimum Gasteiger partial charge on any atom is -0.267 e. The fraction of sp³-hybridized carbons (Fsp3) is 0.222. The molecule has 2 amide bonds. The molecule has 0 saturated carbocycles. The fourth-order valence-corrected chi connectivity index (χ4v) is 2.32. The van der Waals surface area contributed by atoms with Gasteiger partial charge in [-0.05, 0) is 42.7 Å². The van der Waals surface area contributed by atoms with Crippen molar-refractivity contribution >= 4 is 23.4 Å². The Kier molecular flexibility index (Phi) is 6.18. The number of hydrazine groups is 1. The van der Waals surface area contributed by atoms with Gasteiger partial charge in [-0.25, -0.2) is 0 Å². The van der Waals surface area contributed by atoms with Crippen molar-refractivity contribution in [3.63, 3.8) is 0 Å². The van der Waals surface area contributed by atoms with E-state index in [2.05, 4.69) is 17.8 Å². The zero-order chi connectivity index (χ0) is 16.7. The number of benzene rings is 2. The number of unbranched alkanes of at least 4 members (excludes halogenated alkanes) is 1. The number of nitrogens with one attached hydrogen (secondary N) is 2. The van der Waals surface area contributed by atoms with Crippen LogP contribution in [0.5, 0.6) is 0 Å². The van der Waals surface area contributed by atoms with Crippen molar-refractivity contribution in [2.45, 2.75) is 26.2 Å². The van der Waals surface area contributed by atoms with Crippen LogP contribution < -0.4 is 10.9 Å². The van der Waals surface area contributed by atoms with Crippen molar-refractivity contribution in [2.75, 3.05) is 0 Å². The Morgan fingerprint density at radius 1 is 0.957 bits per heavy atom. The van der Waals surface area contributed by atoms with E-state index in [1.807, 2.05) is 12.1 Å². The van der Waals surface area contributed by atoms with E-state index in [1.54, 1.807) is 36.4 Å². The average molecular weight is 331 g/mol. The van der Waals surface area contributed by atoms with Crippen LogP contribution in [0.15, 0.2) is 48.5 Å². The Morgan fingerprint density at radius 3 is 2.26 bits per heavy atom. The molecule has 2 aromatic carbocycles. The maximum atomic E-state index is 12.0. The van der Waals surface area contributed by atoms with Gasteiger partial charge < -0.3 is 0 Å². The van der Waals surface area contributed by atoms with Gasteiger partial charge in [-0.1, -0.05) is 49.2 Å². The number of hydrogen-bond acceptors (Lipinski definition) is 2. The van der Waals surface area contributed by atoms with Gasteiger partial charge in [-0.2, -0.15) is 0 Å². The summed E-state index contributed by atoms with van der Waals surface area (Å²) < 4.78 is 0. The van der Waals surface area contributed by atoms with E-state index >= 15 is 0 Å². The number of hydrogen-bond donors (Lipinski definition) is 2. The summed E-state index contributed by atoms with van der Waals surface area (Å²) in [6, 6.07) is 14.0. The van der Waals surface area contributed by atoms with Crippen LogP contribution in [0.4, 0.5) is 0 Å². The highest BCUT2D eigenvalue weighted by Gasteiger charge is 2.11. The summed E-state index contributed by atoms with van der Waals surface area (Å²) in [7, 11) is 0. The summed E-state index contributed by atoms with van der Waals surface area (Å²) in [6.45, 7) is 2.14. The molecule has 4 nitrogen and oxygen atoms in total. The highest BCUT2D eigenvalue weighted by molar-refractivity contribution is 6.33. The highest BCUT2D eigenvalue weighted by atomic mass is 35.5. The van der Waals surface area contributed by atoms with E-state index in [4.69, 9.17) is 11.6 Å². The summed E-state index contributed by atoms with van der Waals surface area (Å²) in [5.41, 5.74) is 6.75. The molecular formula is C18H19ClN2O2. The molecule has 120 valence electrons. The molecular weight excluding hydrogens is 312 g/mol. The van der Waals surface area contributed by atoms with Crippen molar-refractivity contribution in [2.24, 2.45) is 0 Å². The third kappa shape index (κ3) is 4.83. The number of amides is 2. The van der Waals surface area contributed by atoms with Gasteiger partial charge in [0.2, 0.25) is 0 Å². The number of halogens is 1. The number of carbonyl (C=O) groups is 2. The van der Waals surface area contributed by atoms with Gasteiger partial charge in [0.05, 0.1) is 10.6 Å². The minimum absolute atomic E-state index is 0.310. The van der Waals surface area contributed by atoms with Crippen LogP contribution >= 0.6 is 11.6 Å². The molecule has 0 aliphatic rings. The summed E-state index contributed by atoms with van der Waals surface area (Å²) in [5.74, 6) is -0.823. The molecule has 0 spiro atoms. The van der Waals surface area contributed by atoms with Gasteiger partial charge in [0.15, 0.2) is 0 Å². The zero-order valence-corrected chi connectivity index (χ0v) is 13.7. The second kappa shape index (κ2) is 8.34. The SMILES string of the molecule is CCCCc1ccc(C(=O)NNC(=O)c2ccccc2Cl)cc1. The Hall–Kier alpha value is -2.33. The van der Waals surface area contributed by atoms with Crippen LogP contribution in [0.3, 0.4) is 0 Å². The van der Waals surface area contributed by atoms with Crippen LogP contribution in [0.2, 0.25) is 5.02 Å². The zero-order valence-electron chi connectivity index (χ0n) is 12.9. The molecule has 0 aliphatic heterocycles. The van der Waals surface area contributed by atoms with Crippen molar-refractivity contribution in [3.8, 4) is 0 Å². The molecule has 0 bridgehead atoms. The first-order chi connectivity index (χ1) is 11.1. The number of rotatable bonds is 5. The lowest BCUT2D eigenvalue weighted by atomic mass is 10.1. The average Bonchev–Trinajstić information content (AvgIpc) is 2.58. The maximum Gasteiger partial charge on any atom is 0.271 e. The van der Waals surface area contributed by atoms with Crippen molar-refractivity contribution in [1.82, 2.24) is 10.9 Å². The molecule has 0 atom stereocenters. The fourth-order valence-electron chi connectivity index (χ4n) is 2.10. The molecule has 0 radical (unpaired) electrons. The van der Waals surface area contributed by atoms with Gasteiger partial charge in [0.25, 0.3) is 11.8 Å². The van der Waals surface area contributed by atoms with Gasteiger partial charge in [0.1, 0.15) is 0 Å². The quantitative estimate of drug-likeness (QED) is 0.820. The van der Waals surface area contributed by atoms with Crippen LogP contribution in [0, 0.1) is 0 Å². The predicted molar refractivity (Wildman–Crippen MR) is 91.4 cm³/mol. The van der Waals surface area contributed by atoms with E-state index in [1.165, 1.54) is 5.56 Å². The second-order valence-corrected chi connectivity index (χ2v) is 5.60. The highest BCUT2D eigenvalue weighted by Crippen LogP contribution is 2.14. The second-order valence-electron chi connectivity index (χ2n) is 5.19. The third-order valence-electron chi connectivity index (χ3n) is 3.44. The molecule has 0 saturated heterocycles. The first-order valence-corrected chi connectivity index (χ1v) is 7.93. The molecule has 0 heterocycles. The normalized spacial score (nSPS) is 10.2. The summed E-state index contributed by atoms with van der Waals surface area (Å²) in [5, 5.41) is 0.333. The van der Waals surface area contributed by atoms with Crippen molar-refractivity contribution < 1.29 is 9.59 Å². The van der Waals surface area contributed by atoms with E-state index in [9.17, 15) is 9.59 Å². The maximum absolute atomic E-state index is 12.0. The van der Waals surface area contributed by atoms with Gasteiger partial charge in [-0.3, -0.25) is 20.4 Å². The van der Waals surface area contributed by atoms with E-state index < -0.39 is 5.91 Å². The first kappa shape index (κ1) is 17.0. The molecule has 0 aromatic heterocycles. The molecule has 0 aliphatic carbocycles. The first-order valence-electron chi connectivity index (χ1n) is 7.56. The van der Waals surface area contributed by atoms with Gasteiger partial charge in [-0.15, -0.1) is 0 Å². The van der Waals surface area contributed by atoms with Crippen LogP contribution in [-0.4, -0.2) is 11.8 Å². The molecule has 2 N–H and O–H groups in total. The van der Waals surface area contributed by atoms with Crippen LogP contribution in [0.25, 0.3) is 0 Å². The lowest BCUT2D eigenvalue weighted by molar-refractivity contribution is 0.0846. The molecule has 23 heavy (non-hydrogen) atoms. The lowest BCUT2D eigenvalue weighted by Gasteiger charge is -2.09. The lowest BCUT2D eigenvalue weighted by Crippen LogP contribution is -2.41. The topological polar surface area (TPSA) is 58.2 Å². The van der Waals surface area contributed by atoms with Crippen LogP contribution in [0.1, 0.15) is 46.0 Å². The third-order valence-corrected chi connectivity index (χ3v) is 3.77. The Labute approximate surface area is 140 Å². The summed E-state index contributed by atoms with van der Waals surface area (Å²) in [6.07, 6.45) is 3.26. The summed E-state index contributed by atoms with van der Waals surface area (Å²) >= 11 is 5.94. The minimum atomic E-state index is -0.455. The Bertz CT molecular complexity index is 684. The molecule has 0 unspecified atom stereocenters. The molecule has 0 fully saturated rings. The molecule has 2 aromatic rings. The van der Waals surface area contributed by atoms with Crippen molar-refractivity contribution in [1.29, 1.82) is 0 Å². The number of aryl methyl sites for hydroxylation is 1.